The first kappa shape index (κ1) is 9.92. The molecule has 0 spiro atoms. The SMILES string of the molecule is C=CC(=O)NC(C)(C)c1nccs1. The Hall–Kier alpha value is -1.16. The fourth-order valence-electron chi connectivity index (χ4n) is 0.945. The minimum absolute atomic E-state index is 0.180. The number of nitrogens with zero attached hydrogens (tertiary/aromatic N) is 1. The van der Waals surface area contributed by atoms with Crippen LogP contribution in [0.3, 0.4) is 0 Å². The van der Waals surface area contributed by atoms with Crippen LogP contribution in [0.4, 0.5) is 0 Å². The quantitative estimate of drug-likeness (QED) is 0.747. The summed E-state index contributed by atoms with van der Waals surface area (Å²) in [7, 11) is 0. The van der Waals surface area contributed by atoms with Gasteiger partial charge in [-0.2, -0.15) is 0 Å². The van der Waals surface area contributed by atoms with E-state index in [1.807, 2.05) is 19.2 Å². The molecule has 3 nitrogen and oxygen atoms in total. The highest BCUT2D eigenvalue weighted by atomic mass is 32.1. The summed E-state index contributed by atoms with van der Waals surface area (Å²) in [6, 6.07) is 0. The zero-order chi connectivity index (χ0) is 9.90. The molecular formula is C9H12N2OS. The van der Waals surface area contributed by atoms with Crippen molar-refractivity contribution in [2.45, 2.75) is 19.4 Å². The summed E-state index contributed by atoms with van der Waals surface area (Å²) >= 11 is 1.52. The van der Waals surface area contributed by atoms with Crippen LogP contribution in [0.15, 0.2) is 24.2 Å². The highest BCUT2D eigenvalue weighted by Gasteiger charge is 2.24. The van der Waals surface area contributed by atoms with Gasteiger partial charge in [0.05, 0.1) is 5.54 Å². The molecule has 0 unspecified atom stereocenters. The van der Waals surface area contributed by atoms with Gasteiger partial charge in [0.15, 0.2) is 0 Å². The van der Waals surface area contributed by atoms with Crippen LogP contribution in [0, 0.1) is 0 Å². The molecule has 1 rings (SSSR count). The number of rotatable bonds is 3. The zero-order valence-electron chi connectivity index (χ0n) is 7.70. The molecule has 0 aliphatic heterocycles. The first-order chi connectivity index (χ1) is 6.06. The maximum atomic E-state index is 11.1. The minimum atomic E-state index is -0.417. The smallest absolute Gasteiger partial charge is 0.244 e. The standard InChI is InChI=1S/C9H12N2OS/c1-4-7(12)11-9(2,3)8-10-5-6-13-8/h4-6H,1H2,2-3H3,(H,11,12). The largest absolute Gasteiger partial charge is 0.341 e. The Bertz CT molecular complexity index is 303. The third-order valence-corrected chi connectivity index (χ3v) is 2.68. The molecule has 1 aromatic rings. The van der Waals surface area contributed by atoms with Gasteiger partial charge in [0, 0.05) is 11.6 Å². The van der Waals surface area contributed by atoms with Crippen LogP contribution in [0.2, 0.25) is 0 Å². The van der Waals surface area contributed by atoms with E-state index in [9.17, 15) is 4.79 Å². The van der Waals surface area contributed by atoms with Crippen LogP contribution >= 0.6 is 11.3 Å². The lowest BCUT2D eigenvalue weighted by Gasteiger charge is -2.22. The first-order valence-corrected chi connectivity index (χ1v) is 4.79. The molecule has 0 aromatic carbocycles. The molecule has 0 atom stereocenters. The molecule has 1 aromatic heterocycles. The molecule has 0 bridgehead atoms. The van der Waals surface area contributed by atoms with Gasteiger partial charge >= 0.3 is 0 Å². The Morgan fingerprint density at radius 2 is 2.46 bits per heavy atom. The number of carbonyl (C=O) groups excluding carboxylic acids is 1. The summed E-state index contributed by atoms with van der Waals surface area (Å²) in [5.74, 6) is -0.180. The van der Waals surface area contributed by atoms with Crippen LogP contribution in [0.1, 0.15) is 18.9 Å². The summed E-state index contributed by atoms with van der Waals surface area (Å²) in [5.41, 5.74) is -0.417. The molecule has 1 heterocycles. The summed E-state index contributed by atoms with van der Waals surface area (Å²) in [6.45, 7) is 7.22. The van der Waals surface area contributed by atoms with Crippen LogP contribution in [0.25, 0.3) is 0 Å². The average molecular weight is 196 g/mol. The normalized spacial score (nSPS) is 10.9. The van der Waals surface area contributed by atoms with E-state index in [2.05, 4.69) is 16.9 Å². The van der Waals surface area contributed by atoms with Crippen LogP contribution < -0.4 is 5.32 Å². The lowest BCUT2D eigenvalue weighted by atomic mass is 10.1. The fourth-order valence-corrected chi connectivity index (χ4v) is 1.66. The van der Waals surface area contributed by atoms with Crippen molar-refractivity contribution in [2.24, 2.45) is 0 Å². The third kappa shape index (κ3) is 2.39. The van der Waals surface area contributed by atoms with Gasteiger partial charge in [0.25, 0.3) is 0 Å². The highest BCUT2D eigenvalue weighted by molar-refractivity contribution is 7.09. The first-order valence-electron chi connectivity index (χ1n) is 3.91. The van der Waals surface area contributed by atoms with Gasteiger partial charge in [-0.1, -0.05) is 6.58 Å². The van der Waals surface area contributed by atoms with Crippen molar-refractivity contribution in [1.29, 1.82) is 0 Å². The summed E-state index contributed by atoms with van der Waals surface area (Å²) < 4.78 is 0. The summed E-state index contributed by atoms with van der Waals surface area (Å²) in [6.07, 6.45) is 2.98. The van der Waals surface area contributed by atoms with E-state index in [0.717, 1.165) is 5.01 Å². The van der Waals surface area contributed by atoms with Gasteiger partial charge in [-0.15, -0.1) is 11.3 Å². The average Bonchev–Trinajstić information content (AvgIpc) is 2.55. The van der Waals surface area contributed by atoms with E-state index in [4.69, 9.17) is 0 Å². The number of nitrogens with one attached hydrogen (secondary N) is 1. The van der Waals surface area contributed by atoms with E-state index in [-0.39, 0.29) is 5.91 Å². The predicted octanol–water partition coefficient (Wildman–Crippen LogP) is 1.68. The van der Waals surface area contributed by atoms with Gasteiger partial charge < -0.3 is 5.32 Å². The molecule has 0 radical (unpaired) electrons. The maximum absolute atomic E-state index is 11.1. The van der Waals surface area contributed by atoms with E-state index in [0.29, 0.717) is 0 Å². The van der Waals surface area contributed by atoms with E-state index in [1.54, 1.807) is 6.20 Å². The fraction of sp³-hybridized carbons (Fsp3) is 0.333. The molecule has 0 saturated carbocycles. The Balaban J connectivity index is 2.77. The molecule has 4 heteroatoms. The second kappa shape index (κ2) is 3.70. The highest BCUT2D eigenvalue weighted by Crippen LogP contribution is 2.21. The lowest BCUT2D eigenvalue weighted by Crippen LogP contribution is -2.39. The van der Waals surface area contributed by atoms with E-state index < -0.39 is 5.54 Å². The van der Waals surface area contributed by atoms with Gasteiger partial charge in [-0.3, -0.25) is 4.79 Å². The number of amides is 1. The van der Waals surface area contributed by atoms with E-state index in [1.165, 1.54) is 17.4 Å². The second-order valence-corrected chi connectivity index (χ2v) is 4.05. The summed E-state index contributed by atoms with van der Waals surface area (Å²) in [5, 5.41) is 5.58. The Labute approximate surface area is 81.5 Å². The van der Waals surface area contributed by atoms with Crippen LogP contribution in [-0.4, -0.2) is 10.9 Å². The lowest BCUT2D eigenvalue weighted by molar-refractivity contribution is -0.118. The topological polar surface area (TPSA) is 42.0 Å². The molecule has 0 saturated heterocycles. The number of hydrogen-bond donors (Lipinski definition) is 1. The molecular weight excluding hydrogens is 184 g/mol. The van der Waals surface area contributed by atoms with Gasteiger partial charge in [0.2, 0.25) is 5.91 Å². The monoisotopic (exact) mass is 196 g/mol. The zero-order valence-corrected chi connectivity index (χ0v) is 8.52. The third-order valence-electron chi connectivity index (χ3n) is 1.59. The maximum Gasteiger partial charge on any atom is 0.244 e. The van der Waals surface area contributed by atoms with Crippen molar-refractivity contribution in [2.75, 3.05) is 0 Å². The molecule has 0 aliphatic carbocycles. The molecule has 0 fully saturated rings. The molecule has 13 heavy (non-hydrogen) atoms. The number of carbonyl (C=O) groups is 1. The Morgan fingerprint density at radius 3 is 2.92 bits per heavy atom. The number of thiazole rings is 1. The summed E-state index contributed by atoms with van der Waals surface area (Å²) in [4.78, 5) is 15.2. The Kier molecular flexibility index (Phi) is 2.83. The van der Waals surface area contributed by atoms with Crippen molar-refractivity contribution in [3.05, 3.63) is 29.2 Å². The Morgan fingerprint density at radius 1 is 1.77 bits per heavy atom. The number of hydrogen-bond acceptors (Lipinski definition) is 3. The second-order valence-electron chi connectivity index (χ2n) is 3.16. The number of aromatic nitrogens is 1. The van der Waals surface area contributed by atoms with E-state index >= 15 is 0 Å². The van der Waals surface area contributed by atoms with Gasteiger partial charge in [0.1, 0.15) is 5.01 Å². The van der Waals surface area contributed by atoms with Crippen molar-refractivity contribution >= 4 is 17.2 Å². The van der Waals surface area contributed by atoms with Crippen molar-refractivity contribution in [3.8, 4) is 0 Å². The predicted molar refractivity (Wildman–Crippen MR) is 53.5 cm³/mol. The van der Waals surface area contributed by atoms with Crippen LogP contribution in [0.5, 0.6) is 0 Å². The van der Waals surface area contributed by atoms with Gasteiger partial charge in [-0.25, -0.2) is 4.98 Å². The van der Waals surface area contributed by atoms with Crippen LogP contribution in [-0.2, 0) is 10.3 Å². The van der Waals surface area contributed by atoms with Crippen molar-refractivity contribution < 1.29 is 4.79 Å². The molecule has 1 N–H and O–H groups in total. The molecule has 0 aliphatic rings. The minimum Gasteiger partial charge on any atom is -0.341 e. The van der Waals surface area contributed by atoms with Crippen molar-refractivity contribution in [1.82, 2.24) is 10.3 Å². The van der Waals surface area contributed by atoms with Gasteiger partial charge in [-0.05, 0) is 19.9 Å². The molecule has 1 amide bonds. The van der Waals surface area contributed by atoms with Crippen molar-refractivity contribution in [3.63, 3.8) is 0 Å². The molecule has 70 valence electrons.